The fourth-order valence-corrected chi connectivity index (χ4v) is 8.05. The van der Waals surface area contributed by atoms with Crippen molar-refractivity contribution in [3.05, 3.63) is 212 Å². The lowest BCUT2D eigenvalue weighted by molar-refractivity contribution is 1.06. The van der Waals surface area contributed by atoms with Gasteiger partial charge in [-0.1, -0.05) is 188 Å². The topological polar surface area (TPSA) is 82.3 Å². The number of aromatic nitrogens is 7. The van der Waals surface area contributed by atoms with E-state index in [1.165, 1.54) is 10.8 Å². The SMILES string of the molecule is c1ccc(-c2nc(-c3ccccc3)nc(-c3ccccc3-c3ccc(-n4c5ccccc5c5ccccc54)c(-c4nc(-c5ccccc5)nc(-c5ccccc5)n4)c3)n2)cc1. The standard InChI is InChI=1S/C54H35N7/c1-5-19-36(20-6-1)49-55-50(37-21-7-2-8-22-37)58-53(57-49)44-30-14-13-27-41(44)40-33-34-48(61-46-31-17-15-28-42(46)43-29-16-18-32-47(43)61)45(35-40)54-59-51(38-23-9-3-10-24-38)56-52(60-54)39-25-11-4-12-26-39/h1-35H. The smallest absolute Gasteiger partial charge is 0.166 e. The van der Waals surface area contributed by atoms with Crippen LogP contribution in [0.4, 0.5) is 0 Å². The van der Waals surface area contributed by atoms with E-state index in [1.54, 1.807) is 0 Å². The lowest BCUT2D eigenvalue weighted by atomic mass is 9.96. The zero-order chi connectivity index (χ0) is 40.5. The Balaban J connectivity index is 1.17. The van der Waals surface area contributed by atoms with Crippen molar-refractivity contribution >= 4 is 21.8 Å². The van der Waals surface area contributed by atoms with Crippen LogP contribution in [0.25, 0.3) is 107 Å². The molecule has 0 fully saturated rings. The first-order valence-corrected chi connectivity index (χ1v) is 20.2. The first kappa shape index (κ1) is 35.7. The highest BCUT2D eigenvalue weighted by Crippen LogP contribution is 2.40. The van der Waals surface area contributed by atoms with Gasteiger partial charge in [0.15, 0.2) is 34.9 Å². The van der Waals surface area contributed by atoms with Gasteiger partial charge in [0.05, 0.1) is 16.7 Å². The largest absolute Gasteiger partial charge is 0.309 e. The van der Waals surface area contributed by atoms with Crippen molar-refractivity contribution in [1.82, 2.24) is 34.5 Å². The van der Waals surface area contributed by atoms with Crippen molar-refractivity contribution in [3.63, 3.8) is 0 Å². The summed E-state index contributed by atoms with van der Waals surface area (Å²) in [6, 6.07) is 72.3. The molecule has 11 aromatic rings. The van der Waals surface area contributed by atoms with Gasteiger partial charge in [-0.2, -0.15) is 0 Å². The Morgan fingerprint density at radius 1 is 0.246 bits per heavy atom. The molecule has 0 aliphatic carbocycles. The molecule has 0 saturated carbocycles. The van der Waals surface area contributed by atoms with E-state index in [0.29, 0.717) is 34.9 Å². The Kier molecular flexibility index (Phi) is 9.02. The molecule has 0 atom stereocenters. The molecule has 0 bridgehead atoms. The molecule has 3 heterocycles. The first-order valence-electron chi connectivity index (χ1n) is 20.2. The fraction of sp³-hybridized carbons (Fsp3) is 0. The molecular formula is C54H35N7. The number of benzene rings is 8. The summed E-state index contributed by atoms with van der Waals surface area (Å²) in [5.74, 6) is 3.53. The highest BCUT2D eigenvalue weighted by molar-refractivity contribution is 6.09. The highest BCUT2D eigenvalue weighted by atomic mass is 15.1. The molecule has 0 unspecified atom stereocenters. The van der Waals surface area contributed by atoms with Crippen LogP contribution in [-0.2, 0) is 0 Å². The van der Waals surface area contributed by atoms with Crippen LogP contribution >= 0.6 is 0 Å². The molecular weight excluding hydrogens is 747 g/mol. The summed E-state index contributed by atoms with van der Waals surface area (Å²) in [6.07, 6.45) is 0. The van der Waals surface area contributed by atoms with Crippen molar-refractivity contribution in [1.29, 1.82) is 0 Å². The van der Waals surface area contributed by atoms with Crippen molar-refractivity contribution < 1.29 is 0 Å². The Bertz CT molecular complexity index is 3180. The summed E-state index contributed by atoms with van der Waals surface area (Å²) in [5.41, 5.74) is 10.4. The number of hydrogen-bond donors (Lipinski definition) is 0. The maximum absolute atomic E-state index is 5.27. The lowest BCUT2D eigenvalue weighted by Gasteiger charge is -2.17. The van der Waals surface area contributed by atoms with Crippen LogP contribution < -0.4 is 0 Å². The summed E-state index contributed by atoms with van der Waals surface area (Å²) in [6.45, 7) is 0. The van der Waals surface area contributed by atoms with E-state index in [1.807, 2.05) is 127 Å². The molecule has 0 N–H and O–H groups in total. The molecule has 0 saturated heterocycles. The van der Waals surface area contributed by atoms with Gasteiger partial charge in [-0.3, -0.25) is 0 Å². The predicted molar refractivity (Wildman–Crippen MR) is 246 cm³/mol. The second-order valence-electron chi connectivity index (χ2n) is 14.7. The van der Waals surface area contributed by atoms with Crippen LogP contribution in [0.3, 0.4) is 0 Å². The normalized spacial score (nSPS) is 11.3. The quantitative estimate of drug-likeness (QED) is 0.153. The minimum Gasteiger partial charge on any atom is -0.309 e. The summed E-state index contributed by atoms with van der Waals surface area (Å²) in [5, 5.41) is 2.34. The van der Waals surface area contributed by atoms with E-state index in [0.717, 1.165) is 61.2 Å². The molecule has 286 valence electrons. The van der Waals surface area contributed by atoms with Crippen LogP contribution in [0.2, 0.25) is 0 Å². The first-order chi connectivity index (χ1) is 30.2. The fourth-order valence-electron chi connectivity index (χ4n) is 8.05. The van der Waals surface area contributed by atoms with E-state index in [9.17, 15) is 0 Å². The highest BCUT2D eigenvalue weighted by Gasteiger charge is 2.22. The Hall–Kier alpha value is -8.42. The Labute approximate surface area is 352 Å². The summed E-state index contributed by atoms with van der Waals surface area (Å²) in [4.78, 5) is 30.8. The van der Waals surface area contributed by atoms with Crippen LogP contribution in [-0.4, -0.2) is 34.5 Å². The molecule has 3 aromatic heterocycles. The van der Waals surface area contributed by atoms with Crippen molar-refractivity contribution in [3.8, 4) is 85.1 Å². The molecule has 0 amide bonds. The maximum atomic E-state index is 5.27. The number of hydrogen-bond acceptors (Lipinski definition) is 6. The molecule has 61 heavy (non-hydrogen) atoms. The van der Waals surface area contributed by atoms with Gasteiger partial charge in [-0.15, -0.1) is 0 Å². The summed E-state index contributed by atoms with van der Waals surface area (Å²) < 4.78 is 2.33. The van der Waals surface area contributed by atoms with E-state index in [-0.39, 0.29) is 0 Å². The van der Waals surface area contributed by atoms with E-state index < -0.39 is 0 Å². The van der Waals surface area contributed by atoms with Crippen LogP contribution in [0.15, 0.2) is 212 Å². The number of rotatable bonds is 8. The van der Waals surface area contributed by atoms with Crippen LogP contribution in [0.1, 0.15) is 0 Å². The second kappa shape index (κ2) is 15.4. The minimum absolute atomic E-state index is 0.557. The van der Waals surface area contributed by atoms with Crippen LogP contribution in [0, 0.1) is 0 Å². The van der Waals surface area contributed by atoms with Gasteiger partial charge in [0.1, 0.15) is 0 Å². The number of fused-ring (bicyclic) bond motifs is 3. The maximum Gasteiger partial charge on any atom is 0.166 e. The molecule has 8 aromatic carbocycles. The van der Waals surface area contributed by atoms with Crippen molar-refractivity contribution in [2.75, 3.05) is 0 Å². The van der Waals surface area contributed by atoms with E-state index in [2.05, 4.69) is 89.5 Å². The summed E-state index contributed by atoms with van der Waals surface area (Å²) >= 11 is 0. The Morgan fingerprint density at radius 3 is 1.03 bits per heavy atom. The van der Waals surface area contributed by atoms with Gasteiger partial charge in [0.25, 0.3) is 0 Å². The third-order valence-electron chi connectivity index (χ3n) is 10.9. The van der Waals surface area contributed by atoms with Crippen LogP contribution in [0.5, 0.6) is 0 Å². The average molecular weight is 782 g/mol. The van der Waals surface area contributed by atoms with E-state index in [4.69, 9.17) is 29.9 Å². The van der Waals surface area contributed by atoms with Gasteiger partial charge in [0.2, 0.25) is 0 Å². The van der Waals surface area contributed by atoms with Gasteiger partial charge >= 0.3 is 0 Å². The predicted octanol–water partition coefficient (Wildman–Crippen LogP) is 12.8. The number of nitrogens with zero attached hydrogens (tertiary/aromatic N) is 7. The van der Waals surface area contributed by atoms with Crippen molar-refractivity contribution in [2.24, 2.45) is 0 Å². The third-order valence-corrected chi connectivity index (χ3v) is 10.9. The molecule has 0 aliphatic rings. The average Bonchev–Trinajstić information content (AvgIpc) is 3.69. The zero-order valence-corrected chi connectivity index (χ0v) is 32.8. The minimum atomic E-state index is 0.557. The second-order valence-corrected chi connectivity index (χ2v) is 14.7. The van der Waals surface area contributed by atoms with Gasteiger partial charge in [0, 0.05) is 44.2 Å². The zero-order valence-electron chi connectivity index (χ0n) is 32.8. The molecule has 0 radical (unpaired) electrons. The lowest BCUT2D eigenvalue weighted by Crippen LogP contribution is -2.04. The molecule has 0 aliphatic heterocycles. The van der Waals surface area contributed by atoms with Gasteiger partial charge in [-0.05, 0) is 35.4 Å². The number of para-hydroxylation sites is 2. The van der Waals surface area contributed by atoms with E-state index >= 15 is 0 Å². The molecule has 7 heteroatoms. The van der Waals surface area contributed by atoms with Crippen molar-refractivity contribution in [2.45, 2.75) is 0 Å². The molecule has 0 spiro atoms. The molecule has 11 rings (SSSR count). The summed E-state index contributed by atoms with van der Waals surface area (Å²) in [7, 11) is 0. The third kappa shape index (κ3) is 6.70. The van der Waals surface area contributed by atoms with Gasteiger partial charge in [-0.25, -0.2) is 29.9 Å². The van der Waals surface area contributed by atoms with Gasteiger partial charge < -0.3 is 4.57 Å². The Morgan fingerprint density at radius 2 is 0.590 bits per heavy atom. The monoisotopic (exact) mass is 781 g/mol. The molecule has 7 nitrogen and oxygen atoms in total.